The second-order valence-corrected chi connectivity index (χ2v) is 4.84. The number of aryl methyl sites for hydroxylation is 1. The molecular weight excluding hydrogens is 200 g/mol. The van der Waals surface area contributed by atoms with Crippen LogP contribution in [-0.2, 0) is 7.05 Å². The summed E-state index contributed by atoms with van der Waals surface area (Å²) in [6, 6.07) is 8.23. The Morgan fingerprint density at radius 1 is 1.31 bits per heavy atom. The van der Waals surface area contributed by atoms with Crippen molar-refractivity contribution in [1.29, 1.82) is 0 Å². The summed E-state index contributed by atoms with van der Waals surface area (Å²) >= 11 is 0. The zero-order valence-corrected chi connectivity index (χ0v) is 9.99. The van der Waals surface area contributed by atoms with Gasteiger partial charge in [0, 0.05) is 30.7 Å². The summed E-state index contributed by atoms with van der Waals surface area (Å²) < 4.78 is 2.09. The fourth-order valence-corrected chi connectivity index (χ4v) is 1.79. The maximum atomic E-state index is 9.69. The van der Waals surface area contributed by atoms with Gasteiger partial charge in [-0.15, -0.1) is 0 Å². The van der Waals surface area contributed by atoms with Crippen LogP contribution in [0, 0.1) is 0 Å². The molecule has 0 unspecified atom stereocenters. The van der Waals surface area contributed by atoms with Crippen molar-refractivity contribution < 1.29 is 5.11 Å². The molecule has 0 aliphatic heterocycles. The van der Waals surface area contributed by atoms with E-state index in [0.29, 0.717) is 6.54 Å². The van der Waals surface area contributed by atoms with Crippen molar-refractivity contribution in [2.75, 3.05) is 11.9 Å². The minimum Gasteiger partial charge on any atom is -0.389 e. The van der Waals surface area contributed by atoms with E-state index in [9.17, 15) is 5.11 Å². The van der Waals surface area contributed by atoms with Crippen LogP contribution in [0.25, 0.3) is 10.9 Å². The standard InChI is InChI=1S/C13H18N2O/c1-13(2,16)9-14-11-8-15(3)12-7-5-4-6-10(11)12/h4-8,14,16H,9H2,1-3H3. The molecule has 0 radical (unpaired) electrons. The molecule has 0 bridgehead atoms. The van der Waals surface area contributed by atoms with Gasteiger partial charge in [-0.05, 0) is 19.9 Å². The Balaban J connectivity index is 2.31. The van der Waals surface area contributed by atoms with Crippen LogP contribution in [0.15, 0.2) is 30.5 Å². The van der Waals surface area contributed by atoms with Crippen molar-refractivity contribution in [3.8, 4) is 0 Å². The molecule has 0 spiro atoms. The molecule has 0 amide bonds. The molecule has 1 heterocycles. The summed E-state index contributed by atoms with van der Waals surface area (Å²) in [4.78, 5) is 0. The first-order chi connectivity index (χ1) is 7.47. The fourth-order valence-electron chi connectivity index (χ4n) is 1.79. The molecule has 1 aromatic heterocycles. The molecule has 3 nitrogen and oxygen atoms in total. The minimum absolute atomic E-state index is 0.543. The Kier molecular flexibility index (Phi) is 2.64. The summed E-state index contributed by atoms with van der Waals surface area (Å²) in [5.41, 5.74) is 1.57. The van der Waals surface area contributed by atoms with E-state index in [1.54, 1.807) is 13.8 Å². The lowest BCUT2D eigenvalue weighted by molar-refractivity contribution is 0.0945. The maximum Gasteiger partial charge on any atom is 0.0763 e. The van der Waals surface area contributed by atoms with Crippen LogP contribution >= 0.6 is 0 Å². The van der Waals surface area contributed by atoms with Gasteiger partial charge in [0.25, 0.3) is 0 Å². The van der Waals surface area contributed by atoms with Crippen LogP contribution in [0.3, 0.4) is 0 Å². The van der Waals surface area contributed by atoms with Gasteiger partial charge in [-0.3, -0.25) is 0 Å². The molecule has 2 N–H and O–H groups in total. The summed E-state index contributed by atoms with van der Waals surface area (Å²) in [7, 11) is 2.03. The zero-order chi connectivity index (χ0) is 11.8. The topological polar surface area (TPSA) is 37.2 Å². The Hall–Kier alpha value is -1.48. The first kappa shape index (κ1) is 11.0. The molecule has 86 valence electrons. The second-order valence-electron chi connectivity index (χ2n) is 4.84. The van der Waals surface area contributed by atoms with Gasteiger partial charge < -0.3 is 15.0 Å². The largest absolute Gasteiger partial charge is 0.389 e. The van der Waals surface area contributed by atoms with Gasteiger partial charge in [-0.2, -0.15) is 0 Å². The molecular formula is C13H18N2O. The summed E-state index contributed by atoms with van der Waals surface area (Å²) in [6.07, 6.45) is 2.05. The Labute approximate surface area is 95.7 Å². The van der Waals surface area contributed by atoms with E-state index < -0.39 is 5.60 Å². The summed E-state index contributed by atoms with van der Waals surface area (Å²) in [5, 5.41) is 14.2. The monoisotopic (exact) mass is 218 g/mol. The Morgan fingerprint density at radius 2 is 2.00 bits per heavy atom. The van der Waals surface area contributed by atoms with Crippen LogP contribution in [0.2, 0.25) is 0 Å². The molecule has 0 atom stereocenters. The SMILES string of the molecule is Cn1cc(NCC(C)(C)O)c2ccccc21. The van der Waals surface area contributed by atoms with Crippen LogP contribution in [0.5, 0.6) is 0 Å². The fraction of sp³-hybridized carbons (Fsp3) is 0.385. The minimum atomic E-state index is -0.697. The first-order valence-electron chi connectivity index (χ1n) is 5.48. The predicted octanol–water partition coefficient (Wildman–Crippen LogP) is 2.36. The van der Waals surface area contributed by atoms with Crippen LogP contribution in [0.4, 0.5) is 5.69 Å². The number of benzene rings is 1. The van der Waals surface area contributed by atoms with E-state index in [0.717, 1.165) is 5.69 Å². The normalized spacial score (nSPS) is 12.0. The predicted molar refractivity (Wildman–Crippen MR) is 67.7 cm³/mol. The summed E-state index contributed by atoms with van der Waals surface area (Å²) in [5.74, 6) is 0. The van der Waals surface area contributed by atoms with Crippen molar-refractivity contribution in [1.82, 2.24) is 4.57 Å². The third-order valence-electron chi connectivity index (χ3n) is 2.61. The molecule has 0 aliphatic rings. The summed E-state index contributed by atoms with van der Waals surface area (Å²) in [6.45, 7) is 4.14. The van der Waals surface area contributed by atoms with Crippen LogP contribution in [0.1, 0.15) is 13.8 Å². The third-order valence-corrected chi connectivity index (χ3v) is 2.61. The van der Waals surface area contributed by atoms with Crippen LogP contribution < -0.4 is 5.32 Å². The van der Waals surface area contributed by atoms with E-state index >= 15 is 0 Å². The van der Waals surface area contributed by atoms with Gasteiger partial charge in [-0.1, -0.05) is 18.2 Å². The lowest BCUT2D eigenvalue weighted by atomic mass is 10.1. The number of hydrogen-bond donors (Lipinski definition) is 2. The second kappa shape index (κ2) is 3.83. The van der Waals surface area contributed by atoms with Crippen molar-refractivity contribution in [3.63, 3.8) is 0 Å². The van der Waals surface area contributed by atoms with Crippen molar-refractivity contribution >= 4 is 16.6 Å². The van der Waals surface area contributed by atoms with E-state index in [4.69, 9.17) is 0 Å². The Bertz CT molecular complexity index is 494. The number of anilines is 1. The number of para-hydroxylation sites is 1. The highest BCUT2D eigenvalue weighted by Gasteiger charge is 2.13. The van der Waals surface area contributed by atoms with Gasteiger partial charge in [0.1, 0.15) is 0 Å². The number of rotatable bonds is 3. The third kappa shape index (κ3) is 2.19. The zero-order valence-electron chi connectivity index (χ0n) is 9.99. The number of hydrogen-bond acceptors (Lipinski definition) is 2. The molecule has 1 aromatic carbocycles. The lowest BCUT2D eigenvalue weighted by Crippen LogP contribution is -2.29. The molecule has 0 saturated carbocycles. The van der Waals surface area contributed by atoms with Crippen molar-refractivity contribution in [2.45, 2.75) is 19.4 Å². The van der Waals surface area contributed by atoms with Gasteiger partial charge in [0.15, 0.2) is 0 Å². The molecule has 2 rings (SSSR count). The number of fused-ring (bicyclic) bond motifs is 1. The van der Waals surface area contributed by atoms with E-state index in [-0.39, 0.29) is 0 Å². The van der Waals surface area contributed by atoms with Gasteiger partial charge >= 0.3 is 0 Å². The molecule has 2 aromatic rings. The number of aromatic nitrogens is 1. The molecule has 0 fully saturated rings. The average Bonchev–Trinajstić information content (AvgIpc) is 2.53. The highest BCUT2D eigenvalue weighted by molar-refractivity contribution is 5.92. The number of nitrogens with zero attached hydrogens (tertiary/aromatic N) is 1. The maximum absolute atomic E-state index is 9.69. The molecule has 0 saturated heterocycles. The van der Waals surface area contributed by atoms with Crippen molar-refractivity contribution in [2.24, 2.45) is 7.05 Å². The molecule has 0 aliphatic carbocycles. The number of aliphatic hydroxyl groups is 1. The Morgan fingerprint density at radius 3 is 2.69 bits per heavy atom. The van der Waals surface area contributed by atoms with E-state index in [2.05, 4.69) is 28.2 Å². The van der Waals surface area contributed by atoms with Gasteiger partial charge in [-0.25, -0.2) is 0 Å². The number of nitrogens with one attached hydrogen (secondary N) is 1. The highest BCUT2D eigenvalue weighted by atomic mass is 16.3. The molecule has 16 heavy (non-hydrogen) atoms. The average molecular weight is 218 g/mol. The van der Waals surface area contributed by atoms with Gasteiger partial charge in [0.05, 0.1) is 11.3 Å². The van der Waals surface area contributed by atoms with E-state index in [1.807, 2.05) is 19.2 Å². The first-order valence-corrected chi connectivity index (χ1v) is 5.48. The highest BCUT2D eigenvalue weighted by Crippen LogP contribution is 2.25. The molecule has 3 heteroatoms. The van der Waals surface area contributed by atoms with Crippen molar-refractivity contribution in [3.05, 3.63) is 30.5 Å². The van der Waals surface area contributed by atoms with E-state index in [1.165, 1.54) is 10.9 Å². The van der Waals surface area contributed by atoms with Gasteiger partial charge in [0.2, 0.25) is 0 Å². The lowest BCUT2D eigenvalue weighted by Gasteiger charge is -2.17. The van der Waals surface area contributed by atoms with Crippen LogP contribution in [-0.4, -0.2) is 21.8 Å². The smallest absolute Gasteiger partial charge is 0.0763 e. The quantitative estimate of drug-likeness (QED) is 0.830.